The molecule has 0 aliphatic carbocycles. The molecule has 0 saturated carbocycles. The summed E-state index contributed by atoms with van der Waals surface area (Å²) in [7, 11) is 2.01. The molecule has 0 amide bonds. The van der Waals surface area contributed by atoms with Crippen LogP contribution < -0.4 is 10.6 Å². The fourth-order valence-electron chi connectivity index (χ4n) is 2.03. The predicted molar refractivity (Wildman–Crippen MR) is 85.2 cm³/mol. The molecule has 0 radical (unpaired) electrons. The second-order valence-corrected chi connectivity index (χ2v) is 5.70. The quantitative estimate of drug-likeness (QED) is 0.631. The van der Waals surface area contributed by atoms with Gasteiger partial charge in [0, 0.05) is 16.6 Å². The van der Waals surface area contributed by atoms with Crippen molar-refractivity contribution in [3.05, 3.63) is 33.8 Å². The van der Waals surface area contributed by atoms with Crippen LogP contribution in [-0.4, -0.2) is 20.1 Å². The molecule has 108 valence electrons. The number of unbranched alkanes of at least 4 members (excludes halogenated alkanes) is 4. The third-order valence-electron chi connectivity index (χ3n) is 3.03. The maximum atomic E-state index is 5.96. The summed E-state index contributed by atoms with van der Waals surface area (Å²) in [4.78, 5) is 0. The maximum absolute atomic E-state index is 5.96. The lowest BCUT2D eigenvalue weighted by Gasteiger charge is -2.06. The number of nitrogens with one attached hydrogen (secondary N) is 2. The maximum Gasteiger partial charge on any atom is 0.0424 e. The van der Waals surface area contributed by atoms with Gasteiger partial charge in [-0.05, 0) is 56.7 Å². The molecule has 0 unspecified atom stereocenters. The van der Waals surface area contributed by atoms with Crippen molar-refractivity contribution in [1.29, 1.82) is 0 Å². The van der Waals surface area contributed by atoms with Gasteiger partial charge in [-0.15, -0.1) is 0 Å². The van der Waals surface area contributed by atoms with E-state index in [0.717, 1.165) is 25.2 Å². The molecule has 0 saturated heterocycles. The van der Waals surface area contributed by atoms with E-state index in [0.29, 0.717) is 10.0 Å². The molecular weight excluding hydrogens is 279 g/mol. The van der Waals surface area contributed by atoms with Gasteiger partial charge in [-0.2, -0.15) is 0 Å². The molecule has 4 heteroatoms. The third-order valence-corrected chi connectivity index (χ3v) is 3.47. The zero-order chi connectivity index (χ0) is 13.9. The normalized spacial score (nSPS) is 10.9. The minimum absolute atomic E-state index is 0.703. The van der Waals surface area contributed by atoms with Crippen LogP contribution in [0.25, 0.3) is 0 Å². The number of rotatable bonds is 10. The van der Waals surface area contributed by atoms with Gasteiger partial charge < -0.3 is 10.6 Å². The van der Waals surface area contributed by atoms with Crippen LogP contribution in [0.3, 0.4) is 0 Å². The Labute approximate surface area is 126 Å². The standard InChI is InChI=1S/C15H24Cl2N2/c1-18-7-5-3-2-4-6-8-19-12-13-9-14(16)11-15(17)10-13/h9-11,18-19H,2-8,12H2,1H3. The van der Waals surface area contributed by atoms with Gasteiger partial charge >= 0.3 is 0 Å². The first-order valence-corrected chi connectivity index (χ1v) is 7.78. The van der Waals surface area contributed by atoms with Crippen LogP contribution in [-0.2, 0) is 6.54 Å². The molecule has 0 spiro atoms. The molecule has 19 heavy (non-hydrogen) atoms. The third kappa shape index (κ3) is 8.48. The van der Waals surface area contributed by atoms with Crippen molar-refractivity contribution >= 4 is 23.2 Å². The summed E-state index contributed by atoms with van der Waals surface area (Å²) in [5, 5.41) is 8.01. The minimum Gasteiger partial charge on any atom is -0.320 e. The van der Waals surface area contributed by atoms with E-state index < -0.39 is 0 Å². The molecule has 2 N–H and O–H groups in total. The van der Waals surface area contributed by atoms with Crippen LogP contribution in [0.15, 0.2) is 18.2 Å². The van der Waals surface area contributed by atoms with E-state index in [-0.39, 0.29) is 0 Å². The van der Waals surface area contributed by atoms with Crippen molar-refractivity contribution < 1.29 is 0 Å². The van der Waals surface area contributed by atoms with Crippen LogP contribution in [0.5, 0.6) is 0 Å². The summed E-state index contributed by atoms with van der Waals surface area (Å²) in [5.41, 5.74) is 1.14. The second-order valence-electron chi connectivity index (χ2n) is 4.83. The highest BCUT2D eigenvalue weighted by molar-refractivity contribution is 6.34. The molecule has 0 fully saturated rings. The summed E-state index contributed by atoms with van der Waals surface area (Å²) in [6, 6.07) is 5.67. The Kier molecular flexibility index (Phi) is 9.27. The molecule has 1 aromatic carbocycles. The van der Waals surface area contributed by atoms with Crippen LogP contribution in [0, 0.1) is 0 Å². The summed E-state index contributed by atoms with van der Waals surface area (Å²) >= 11 is 11.9. The van der Waals surface area contributed by atoms with Crippen molar-refractivity contribution in [2.45, 2.75) is 38.6 Å². The van der Waals surface area contributed by atoms with Gasteiger partial charge in [0.1, 0.15) is 0 Å². The predicted octanol–water partition coefficient (Wildman–Crippen LogP) is 4.25. The van der Waals surface area contributed by atoms with Crippen LogP contribution in [0.4, 0.5) is 0 Å². The van der Waals surface area contributed by atoms with E-state index >= 15 is 0 Å². The van der Waals surface area contributed by atoms with Crippen LogP contribution in [0.2, 0.25) is 10.0 Å². The number of hydrogen-bond acceptors (Lipinski definition) is 2. The van der Waals surface area contributed by atoms with Crippen molar-refractivity contribution in [1.82, 2.24) is 10.6 Å². The Morgan fingerprint density at radius 3 is 2.05 bits per heavy atom. The highest BCUT2D eigenvalue weighted by Crippen LogP contribution is 2.18. The minimum atomic E-state index is 0.703. The molecule has 0 atom stereocenters. The number of benzene rings is 1. The van der Waals surface area contributed by atoms with E-state index in [1.165, 1.54) is 32.1 Å². The second kappa shape index (κ2) is 10.5. The molecule has 0 heterocycles. The van der Waals surface area contributed by atoms with Crippen LogP contribution in [0.1, 0.15) is 37.7 Å². The highest BCUT2D eigenvalue weighted by atomic mass is 35.5. The molecule has 0 bridgehead atoms. The van der Waals surface area contributed by atoms with Crippen molar-refractivity contribution in [2.24, 2.45) is 0 Å². The summed E-state index contributed by atoms with van der Waals surface area (Å²) < 4.78 is 0. The molecule has 1 rings (SSSR count). The smallest absolute Gasteiger partial charge is 0.0424 e. The Morgan fingerprint density at radius 1 is 0.842 bits per heavy atom. The lowest BCUT2D eigenvalue weighted by molar-refractivity contribution is 0.567. The van der Waals surface area contributed by atoms with Crippen molar-refractivity contribution in [3.63, 3.8) is 0 Å². The Bertz CT molecular complexity index is 336. The SMILES string of the molecule is CNCCCCCCCNCc1cc(Cl)cc(Cl)c1. The zero-order valence-corrected chi connectivity index (χ0v) is 13.2. The van der Waals surface area contributed by atoms with E-state index in [1.54, 1.807) is 6.07 Å². The van der Waals surface area contributed by atoms with E-state index in [1.807, 2.05) is 19.2 Å². The molecule has 0 aliphatic heterocycles. The Hall–Kier alpha value is -0.280. The van der Waals surface area contributed by atoms with Gasteiger partial charge in [-0.1, -0.05) is 42.5 Å². The summed E-state index contributed by atoms with van der Waals surface area (Å²) in [6.45, 7) is 3.02. The lowest BCUT2D eigenvalue weighted by Crippen LogP contribution is -2.14. The monoisotopic (exact) mass is 302 g/mol. The van der Waals surface area contributed by atoms with E-state index in [2.05, 4.69) is 10.6 Å². The topological polar surface area (TPSA) is 24.1 Å². The molecule has 1 aromatic rings. The summed E-state index contributed by atoms with van der Waals surface area (Å²) in [6.07, 6.45) is 6.46. The van der Waals surface area contributed by atoms with E-state index in [4.69, 9.17) is 23.2 Å². The lowest BCUT2D eigenvalue weighted by atomic mass is 10.1. The zero-order valence-electron chi connectivity index (χ0n) is 11.6. The van der Waals surface area contributed by atoms with Gasteiger partial charge in [-0.3, -0.25) is 0 Å². The Balaban J connectivity index is 2.01. The van der Waals surface area contributed by atoms with Crippen LogP contribution >= 0.6 is 23.2 Å². The molecule has 0 aromatic heterocycles. The first kappa shape index (κ1) is 16.8. The fourth-order valence-corrected chi connectivity index (χ4v) is 2.60. The summed E-state index contributed by atoms with van der Waals surface area (Å²) in [5.74, 6) is 0. The van der Waals surface area contributed by atoms with Crippen molar-refractivity contribution in [3.8, 4) is 0 Å². The molecule has 0 aliphatic rings. The largest absolute Gasteiger partial charge is 0.320 e. The van der Waals surface area contributed by atoms with Gasteiger partial charge in [0.2, 0.25) is 0 Å². The Morgan fingerprint density at radius 2 is 1.42 bits per heavy atom. The number of hydrogen-bond donors (Lipinski definition) is 2. The van der Waals surface area contributed by atoms with E-state index in [9.17, 15) is 0 Å². The fraction of sp³-hybridized carbons (Fsp3) is 0.600. The molecule has 2 nitrogen and oxygen atoms in total. The average Bonchev–Trinajstić information content (AvgIpc) is 2.36. The highest BCUT2D eigenvalue weighted by Gasteiger charge is 1.98. The average molecular weight is 303 g/mol. The first-order chi connectivity index (χ1) is 9.22. The van der Waals surface area contributed by atoms with Gasteiger partial charge in [0.05, 0.1) is 0 Å². The van der Waals surface area contributed by atoms with Crippen molar-refractivity contribution in [2.75, 3.05) is 20.1 Å². The number of halogens is 2. The molecular formula is C15H24Cl2N2. The van der Waals surface area contributed by atoms with Gasteiger partial charge in [0.15, 0.2) is 0 Å². The first-order valence-electron chi connectivity index (χ1n) is 7.02. The van der Waals surface area contributed by atoms with Gasteiger partial charge in [-0.25, -0.2) is 0 Å². The van der Waals surface area contributed by atoms with Gasteiger partial charge in [0.25, 0.3) is 0 Å².